The maximum atomic E-state index is 13.5. The molecule has 78 valence electrons. The maximum Gasteiger partial charge on any atom is 0.251 e. The van der Waals surface area contributed by atoms with Crippen LogP contribution in [0, 0.1) is 23.7 Å². The van der Waals surface area contributed by atoms with E-state index in [1.165, 1.54) is 0 Å². The number of alkyl halides is 2. The molecule has 2 atom stereocenters. The second kappa shape index (κ2) is 3.55. The predicted octanol–water partition coefficient (Wildman–Crippen LogP) is 3.96. The van der Waals surface area contributed by atoms with E-state index in [9.17, 15) is 8.78 Å². The van der Waals surface area contributed by atoms with Gasteiger partial charge in [0.25, 0.3) is 5.92 Å². The zero-order chi connectivity index (χ0) is 10.2. The molecule has 0 radical (unpaired) electrons. The van der Waals surface area contributed by atoms with Crippen molar-refractivity contribution in [2.45, 2.75) is 46.5 Å². The molecule has 0 aromatic carbocycles. The van der Waals surface area contributed by atoms with E-state index in [0.717, 1.165) is 0 Å². The topological polar surface area (TPSA) is 0 Å². The van der Waals surface area contributed by atoms with Gasteiger partial charge in [-0.3, -0.25) is 0 Å². The minimum absolute atomic E-state index is 0.0959. The third-order valence-corrected chi connectivity index (χ3v) is 3.33. The molecule has 1 fully saturated rings. The van der Waals surface area contributed by atoms with Crippen LogP contribution in [0.3, 0.4) is 0 Å². The van der Waals surface area contributed by atoms with Gasteiger partial charge in [-0.2, -0.15) is 0 Å². The van der Waals surface area contributed by atoms with Crippen LogP contribution in [0.5, 0.6) is 0 Å². The fourth-order valence-corrected chi connectivity index (χ4v) is 2.75. The van der Waals surface area contributed by atoms with E-state index in [1.54, 1.807) is 0 Å². The van der Waals surface area contributed by atoms with E-state index in [-0.39, 0.29) is 18.3 Å². The first-order valence-electron chi connectivity index (χ1n) is 5.24. The smallest absolute Gasteiger partial charge is 0.207 e. The van der Waals surface area contributed by atoms with Crippen molar-refractivity contribution in [2.24, 2.45) is 23.7 Å². The highest BCUT2D eigenvalue weighted by molar-refractivity contribution is 4.93. The monoisotopic (exact) mass is 190 g/mol. The molecule has 0 spiro atoms. The Kier molecular flexibility index (Phi) is 2.98. The molecule has 2 heteroatoms. The molecule has 1 rings (SSSR count). The van der Waals surface area contributed by atoms with Crippen molar-refractivity contribution in [2.75, 3.05) is 0 Å². The highest BCUT2D eigenvalue weighted by atomic mass is 19.3. The molecule has 0 bridgehead atoms. The van der Waals surface area contributed by atoms with Crippen LogP contribution >= 0.6 is 0 Å². The quantitative estimate of drug-likeness (QED) is 0.618. The third kappa shape index (κ3) is 2.03. The lowest BCUT2D eigenvalue weighted by Crippen LogP contribution is -2.32. The first kappa shape index (κ1) is 10.9. The van der Waals surface area contributed by atoms with Crippen LogP contribution in [0.1, 0.15) is 40.5 Å². The summed E-state index contributed by atoms with van der Waals surface area (Å²) in [6.45, 7) is 7.95. The molecule has 13 heavy (non-hydrogen) atoms. The van der Waals surface area contributed by atoms with Crippen molar-refractivity contribution < 1.29 is 8.78 Å². The Morgan fingerprint density at radius 1 is 1.08 bits per heavy atom. The summed E-state index contributed by atoms with van der Waals surface area (Å²) in [4.78, 5) is 0. The molecule has 0 aliphatic heterocycles. The average Bonchev–Trinajstić information content (AvgIpc) is 2.24. The lowest BCUT2D eigenvalue weighted by molar-refractivity contribution is -0.0679. The van der Waals surface area contributed by atoms with Crippen molar-refractivity contribution in [3.63, 3.8) is 0 Å². The molecular weight excluding hydrogens is 170 g/mol. The Labute approximate surface area is 79.7 Å². The van der Waals surface area contributed by atoms with Gasteiger partial charge >= 0.3 is 0 Å². The Bertz CT molecular complexity index is 173. The lowest BCUT2D eigenvalue weighted by atomic mass is 9.78. The van der Waals surface area contributed by atoms with Crippen molar-refractivity contribution in [3.05, 3.63) is 0 Å². The first-order chi connectivity index (χ1) is 5.86. The highest BCUT2D eigenvalue weighted by Crippen LogP contribution is 2.50. The largest absolute Gasteiger partial charge is 0.251 e. The summed E-state index contributed by atoms with van der Waals surface area (Å²) in [5.74, 6) is -2.10. The van der Waals surface area contributed by atoms with Crippen LogP contribution < -0.4 is 0 Å². The molecule has 1 aliphatic carbocycles. The van der Waals surface area contributed by atoms with Gasteiger partial charge in [-0.1, -0.05) is 27.7 Å². The summed E-state index contributed by atoms with van der Waals surface area (Å²) < 4.78 is 26.9. The number of hydrogen-bond donors (Lipinski definition) is 0. The van der Waals surface area contributed by atoms with Crippen LogP contribution in [0.4, 0.5) is 8.78 Å². The van der Waals surface area contributed by atoms with Crippen LogP contribution in [0.15, 0.2) is 0 Å². The highest BCUT2D eigenvalue weighted by Gasteiger charge is 2.51. The van der Waals surface area contributed by atoms with Crippen molar-refractivity contribution in [3.8, 4) is 0 Å². The molecule has 0 aromatic rings. The molecule has 0 N–H and O–H groups in total. The predicted molar refractivity (Wildman–Crippen MR) is 50.8 cm³/mol. The summed E-state index contributed by atoms with van der Waals surface area (Å²) in [6, 6.07) is 0. The molecule has 0 nitrogen and oxygen atoms in total. The van der Waals surface area contributed by atoms with Gasteiger partial charge in [0.15, 0.2) is 0 Å². The van der Waals surface area contributed by atoms with E-state index in [4.69, 9.17) is 0 Å². The van der Waals surface area contributed by atoms with Gasteiger partial charge in [0, 0.05) is 12.3 Å². The van der Waals surface area contributed by atoms with E-state index < -0.39 is 11.8 Å². The molecule has 0 heterocycles. The van der Waals surface area contributed by atoms with Gasteiger partial charge in [0.1, 0.15) is 0 Å². The summed E-state index contributed by atoms with van der Waals surface area (Å²) in [5, 5.41) is 0. The standard InChI is InChI=1S/C11H20F2/c1-7(2)9-5-6-11(12,13)10(9)8(3)4/h7-10H,5-6H2,1-4H3. The Morgan fingerprint density at radius 2 is 1.62 bits per heavy atom. The number of hydrogen-bond acceptors (Lipinski definition) is 0. The summed E-state index contributed by atoms with van der Waals surface area (Å²) in [6.07, 6.45) is 0.798. The summed E-state index contributed by atoms with van der Waals surface area (Å²) in [7, 11) is 0. The molecule has 0 aromatic heterocycles. The normalized spacial score (nSPS) is 33.2. The van der Waals surface area contributed by atoms with Gasteiger partial charge in [-0.05, 0) is 24.2 Å². The first-order valence-corrected chi connectivity index (χ1v) is 5.24. The van der Waals surface area contributed by atoms with Crippen molar-refractivity contribution >= 4 is 0 Å². The van der Waals surface area contributed by atoms with E-state index in [1.807, 2.05) is 13.8 Å². The zero-order valence-electron chi connectivity index (χ0n) is 8.98. The van der Waals surface area contributed by atoms with E-state index >= 15 is 0 Å². The Balaban J connectivity index is 2.80. The van der Waals surface area contributed by atoms with Crippen LogP contribution in [0.2, 0.25) is 0 Å². The van der Waals surface area contributed by atoms with Gasteiger partial charge in [-0.15, -0.1) is 0 Å². The Morgan fingerprint density at radius 3 is 1.92 bits per heavy atom. The summed E-state index contributed by atoms with van der Waals surface area (Å²) >= 11 is 0. The van der Waals surface area contributed by atoms with Crippen LogP contribution in [-0.4, -0.2) is 5.92 Å². The molecule has 1 saturated carbocycles. The molecule has 1 aliphatic rings. The van der Waals surface area contributed by atoms with E-state index in [2.05, 4.69) is 13.8 Å². The molecular formula is C11H20F2. The number of rotatable bonds is 2. The van der Waals surface area contributed by atoms with Gasteiger partial charge in [0.05, 0.1) is 0 Å². The van der Waals surface area contributed by atoms with Crippen molar-refractivity contribution in [1.82, 2.24) is 0 Å². The SMILES string of the molecule is CC(C)C1CCC(F)(F)C1C(C)C. The molecule has 0 saturated heterocycles. The van der Waals surface area contributed by atoms with Gasteiger partial charge in [0.2, 0.25) is 0 Å². The van der Waals surface area contributed by atoms with Crippen molar-refractivity contribution in [1.29, 1.82) is 0 Å². The maximum absolute atomic E-state index is 13.5. The summed E-state index contributed by atoms with van der Waals surface area (Å²) in [5.41, 5.74) is 0. The minimum Gasteiger partial charge on any atom is -0.207 e. The van der Waals surface area contributed by atoms with Gasteiger partial charge < -0.3 is 0 Å². The Hall–Kier alpha value is -0.140. The second-order valence-corrected chi connectivity index (χ2v) is 4.98. The number of halogens is 2. The third-order valence-electron chi connectivity index (χ3n) is 3.33. The van der Waals surface area contributed by atoms with Crippen LogP contribution in [0.25, 0.3) is 0 Å². The molecule has 2 unspecified atom stereocenters. The fraction of sp³-hybridized carbons (Fsp3) is 1.00. The van der Waals surface area contributed by atoms with E-state index in [0.29, 0.717) is 12.3 Å². The minimum atomic E-state index is -2.41. The van der Waals surface area contributed by atoms with Crippen LogP contribution in [-0.2, 0) is 0 Å². The van der Waals surface area contributed by atoms with Gasteiger partial charge in [-0.25, -0.2) is 8.78 Å². The zero-order valence-corrected chi connectivity index (χ0v) is 8.98. The molecule has 0 amide bonds. The average molecular weight is 190 g/mol. The fourth-order valence-electron chi connectivity index (χ4n) is 2.75. The second-order valence-electron chi connectivity index (χ2n) is 4.98. The lowest BCUT2D eigenvalue weighted by Gasteiger charge is -2.30.